The maximum absolute atomic E-state index is 13.8. The molecule has 1 aromatic carbocycles. The highest BCUT2D eigenvalue weighted by atomic mass is 19.1. The Morgan fingerprint density at radius 2 is 2.05 bits per heavy atom. The van der Waals surface area contributed by atoms with E-state index in [0.717, 1.165) is 38.2 Å². The minimum absolute atomic E-state index is 0.311. The van der Waals surface area contributed by atoms with Crippen molar-refractivity contribution in [2.45, 2.75) is 39.7 Å². The molecule has 1 aliphatic heterocycles. The number of halogens is 1. The van der Waals surface area contributed by atoms with E-state index in [1.165, 1.54) is 6.07 Å². The summed E-state index contributed by atoms with van der Waals surface area (Å²) in [7, 11) is 0. The SMILES string of the molecule is Cc1c(F)cc(C#N)cc1NC1CCN(CC(C)C)CC1. The third-order valence-electron chi connectivity index (χ3n) is 4.04. The second kappa shape index (κ2) is 6.91. The second-order valence-electron chi connectivity index (χ2n) is 6.36. The zero-order valence-corrected chi connectivity index (χ0v) is 13.1. The standard InChI is InChI=1S/C17H24FN3/c1-12(2)11-21-6-4-15(5-7-21)20-17-9-14(10-19)8-16(18)13(17)3/h8-9,12,15,20H,4-7,11H2,1-3H3. The fourth-order valence-corrected chi connectivity index (χ4v) is 2.89. The topological polar surface area (TPSA) is 39.1 Å². The van der Waals surface area contributed by atoms with Gasteiger partial charge < -0.3 is 10.2 Å². The average molecular weight is 289 g/mol. The number of benzene rings is 1. The van der Waals surface area contributed by atoms with Crippen LogP contribution in [-0.4, -0.2) is 30.6 Å². The number of nitriles is 1. The van der Waals surface area contributed by atoms with Gasteiger partial charge in [0.2, 0.25) is 0 Å². The van der Waals surface area contributed by atoms with Gasteiger partial charge in [-0.25, -0.2) is 4.39 Å². The first kappa shape index (κ1) is 15.8. The number of likely N-dealkylation sites (tertiary alicyclic amines) is 1. The Kier molecular flexibility index (Phi) is 5.19. The van der Waals surface area contributed by atoms with Gasteiger partial charge in [0.05, 0.1) is 11.6 Å². The Bertz CT molecular complexity index is 526. The van der Waals surface area contributed by atoms with Crippen molar-refractivity contribution >= 4 is 5.69 Å². The van der Waals surface area contributed by atoms with Crippen LogP contribution in [0.2, 0.25) is 0 Å². The van der Waals surface area contributed by atoms with E-state index in [1.807, 2.05) is 6.07 Å². The predicted molar refractivity (Wildman–Crippen MR) is 83.8 cm³/mol. The highest BCUT2D eigenvalue weighted by Crippen LogP contribution is 2.24. The van der Waals surface area contributed by atoms with E-state index >= 15 is 0 Å². The minimum Gasteiger partial charge on any atom is -0.382 e. The number of nitrogens with one attached hydrogen (secondary N) is 1. The van der Waals surface area contributed by atoms with E-state index in [9.17, 15) is 4.39 Å². The lowest BCUT2D eigenvalue weighted by Gasteiger charge is -2.34. The summed E-state index contributed by atoms with van der Waals surface area (Å²) in [4.78, 5) is 2.49. The molecule has 0 atom stereocenters. The van der Waals surface area contributed by atoms with Gasteiger partial charge >= 0.3 is 0 Å². The Morgan fingerprint density at radius 1 is 1.38 bits per heavy atom. The first-order valence-corrected chi connectivity index (χ1v) is 7.68. The summed E-state index contributed by atoms with van der Waals surface area (Å²) in [6.07, 6.45) is 2.12. The van der Waals surface area contributed by atoms with E-state index < -0.39 is 0 Å². The molecule has 1 aromatic rings. The van der Waals surface area contributed by atoms with Crippen LogP contribution in [0.1, 0.15) is 37.8 Å². The van der Waals surface area contributed by atoms with Crippen molar-refractivity contribution < 1.29 is 4.39 Å². The van der Waals surface area contributed by atoms with Crippen molar-refractivity contribution in [1.82, 2.24) is 4.90 Å². The van der Waals surface area contributed by atoms with E-state index in [2.05, 4.69) is 24.1 Å². The fourth-order valence-electron chi connectivity index (χ4n) is 2.89. The van der Waals surface area contributed by atoms with Crippen LogP contribution in [0.5, 0.6) is 0 Å². The largest absolute Gasteiger partial charge is 0.382 e. The van der Waals surface area contributed by atoms with Crippen molar-refractivity contribution in [1.29, 1.82) is 5.26 Å². The van der Waals surface area contributed by atoms with Crippen LogP contribution < -0.4 is 5.32 Å². The Balaban J connectivity index is 1.98. The molecule has 0 aliphatic carbocycles. The van der Waals surface area contributed by atoms with Gasteiger partial charge in [0.25, 0.3) is 0 Å². The smallest absolute Gasteiger partial charge is 0.129 e. The molecule has 114 valence electrons. The average Bonchev–Trinajstić information content (AvgIpc) is 2.45. The molecule has 0 aromatic heterocycles. The van der Waals surface area contributed by atoms with E-state index in [0.29, 0.717) is 23.1 Å². The third kappa shape index (κ3) is 4.18. The van der Waals surface area contributed by atoms with Gasteiger partial charge in [-0.3, -0.25) is 0 Å². The molecule has 21 heavy (non-hydrogen) atoms. The van der Waals surface area contributed by atoms with Gasteiger partial charge in [0, 0.05) is 36.9 Å². The number of piperidine rings is 1. The first-order valence-electron chi connectivity index (χ1n) is 7.68. The molecule has 0 amide bonds. The van der Waals surface area contributed by atoms with Gasteiger partial charge in [-0.2, -0.15) is 5.26 Å². The van der Waals surface area contributed by atoms with Crippen molar-refractivity contribution in [3.63, 3.8) is 0 Å². The van der Waals surface area contributed by atoms with Gasteiger partial charge in [0.15, 0.2) is 0 Å². The van der Waals surface area contributed by atoms with Crippen LogP contribution in [0, 0.1) is 30.0 Å². The highest BCUT2D eigenvalue weighted by Gasteiger charge is 2.20. The van der Waals surface area contributed by atoms with E-state index in [-0.39, 0.29) is 5.82 Å². The Hall–Kier alpha value is -1.60. The molecule has 1 N–H and O–H groups in total. The highest BCUT2D eigenvalue weighted by molar-refractivity contribution is 5.56. The van der Waals surface area contributed by atoms with Crippen LogP contribution in [-0.2, 0) is 0 Å². The molecular weight excluding hydrogens is 265 g/mol. The predicted octanol–water partition coefficient (Wildman–Crippen LogP) is 3.54. The number of nitrogens with zero attached hydrogens (tertiary/aromatic N) is 2. The van der Waals surface area contributed by atoms with Gasteiger partial charge in [-0.1, -0.05) is 13.8 Å². The molecule has 0 saturated carbocycles. The molecule has 3 nitrogen and oxygen atoms in total. The molecule has 1 fully saturated rings. The third-order valence-corrected chi connectivity index (χ3v) is 4.04. The summed E-state index contributed by atoms with van der Waals surface area (Å²) in [6.45, 7) is 9.54. The zero-order valence-electron chi connectivity index (χ0n) is 13.1. The normalized spacial score (nSPS) is 17.0. The van der Waals surface area contributed by atoms with Crippen LogP contribution >= 0.6 is 0 Å². The summed E-state index contributed by atoms with van der Waals surface area (Å²) in [5, 5.41) is 12.4. The van der Waals surface area contributed by atoms with Crippen LogP contribution in [0.3, 0.4) is 0 Å². The Morgan fingerprint density at radius 3 is 2.62 bits per heavy atom. The lowest BCUT2D eigenvalue weighted by molar-refractivity contribution is 0.198. The second-order valence-corrected chi connectivity index (χ2v) is 6.36. The maximum Gasteiger partial charge on any atom is 0.129 e. The van der Waals surface area contributed by atoms with Gasteiger partial charge in [-0.05, 0) is 37.8 Å². The minimum atomic E-state index is -0.311. The lowest BCUT2D eigenvalue weighted by atomic mass is 10.0. The Labute approximate surface area is 126 Å². The molecule has 1 aliphatic rings. The summed E-state index contributed by atoms with van der Waals surface area (Å²) < 4.78 is 13.8. The van der Waals surface area contributed by atoms with Gasteiger partial charge in [-0.15, -0.1) is 0 Å². The van der Waals surface area contributed by atoms with Gasteiger partial charge in [0.1, 0.15) is 5.82 Å². The summed E-state index contributed by atoms with van der Waals surface area (Å²) >= 11 is 0. The maximum atomic E-state index is 13.8. The molecule has 1 saturated heterocycles. The number of rotatable bonds is 4. The molecule has 4 heteroatoms. The quantitative estimate of drug-likeness (QED) is 0.921. The first-order chi connectivity index (χ1) is 9.99. The van der Waals surface area contributed by atoms with Crippen LogP contribution in [0.4, 0.5) is 10.1 Å². The molecule has 0 bridgehead atoms. The fraction of sp³-hybridized carbons (Fsp3) is 0.588. The summed E-state index contributed by atoms with van der Waals surface area (Å²) in [6, 6.07) is 5.42. The molecule has 2 rings (SSSR count). The number of anilines is 1. The number of hydrogen-bond acceptors (Lipinski definition) is 3. The van der Waals surface area contributed by atoms with Crippen LogP contribution in [0.15, 0.2) is 12.1 Å². The molecule has 0 spiro atoms. The zero-order chi connectivity index (χ0) is 15.4. The molecule has 1 heterocycles. The van der Waals surface area contributed by atoms with Crippen molar-refractivity contribution in [3.8, 4) is 6.07 Å². The molecule has 0 unspecified atom stereocenters. The lowest BCUT2D eigenvalue weighted by Crippen LogP contribution is -2.40. The summed E-state index contributed by atoms with van der Waals surface area (Å²) in [5.41, 5.74) is 1.73. The molecule has 0 radical (unpaired) electrons. The van der Waals surface area contributed by atoms with Crippen molar-refractivity contribution in [3.05, 3.63) is 29.1 Å². The van der Waals surface area contributed by atoms with Crippen molar-refractivity contribution in [2.75, 3.05) is 25.0 Å². The van der Waals surface area contributed by atoms with E-state index in [4.69, 9.17) is 5.26 Å². The monoisotopic (exact) mass is 289 g/mol. The number of hydrogen-bond donors (Lipinski definition) is 1. The van der Waals surface area contributed by atoms with E-state index in [1.54, 1.807) is 13.0 Å². The van der Waals surface area contributed by atoms with Crippen LogP contribution in [0.25, 0.3) is 0 Å². The summed E-state index contributed by atoms with van der Waals surface area (Å²) in [5.74, 6) is 0.381. The van der Waals surface area contributed by atoms with Crippen molar-refractivity contribution in [2.24, 2.45) is 5.92 Å². The molecular formula is C17H24FN3.